The van der Waals surface area contributed by atoms with Crippen molar-refractivity contribution >= 4 is 25.2 Å². The first kappa shape index (κ1) is 74.6. The number of hydrogen-bond acceptors (Lipinski definition) is 8. The van der Waals surface area contributed by atoms with Crippen LogP contribution < -0.4 is 10.9 Å². The topological polar surface area (TPSA) is 88.5 Å². The summed E-state index contributed by atoms with van der Waals surface area (Å²) in [6, 6.07) is 117. The summed E-state index contributed by atoms with van der Waals surface area (Å²) in [5.41, 5.74) is 32.6. The van der Waals surface area contributed by atoms with Gasteiger partial charge in [0.1, 0.15) is 0 Å². The molecule has 6 heterocycles. The molecule has 116 heavy (non-hydrogen) atoms. The molecule has 4 aromatic heterocycles. The second-order valence-electron chi connectivity index (χ2n) is 32.7. The van der Waals surface area contributed by atoms with Gasteiger partial charge in [-0.15, -0.1) is 0 Å². The van der Waals surface area contributed by atoms with Crippen LogP contribution in [0, 0.1) is 13.8 Å². The lowest BCUT2D eigenvalue weighted by Crippen LogP contribution is -2.41. The van der Waals surface area contributed by atoms with Gasteiger partial charge in [-0.25, -0.2) is 0 Å². The van der Waals surface area contributed by atoms with Crippen molar-refractivity contribution in [1.82, 2.24) is 19.9 Å². The van der Waals surface area contributed by atoms with E-state index in [1.54, 1.807) is 0 Å². The zero-order chi connectivity index (χ0) is 79.5. The molecular formula is C106H88B2N4O4. The number of hydrogen-bond donors (Lipinski definition) is 0. The Morgan fingerprint density at radius 3 is 0.784 bits per heavy atom. The van der Waals surface area contributed by atoms with E-state index in [0.717, 1.165) is 189 Å². The highest BCUT2D eigenvalue weighted by atomic mass is 16.7. The van der Waals surface area contributed by atoms with Crippen molar-refractivity contribution in [2.45, 2.75) is 91.6 Å². The Morgan fingerprint density at radius 2 is 0.440 bits per heavy atom. The average molecular weight is 1500 g/mol. The summed E-state index contributed by atoms with van der Waals surface area (Å²) >= 11 is 0. The quantitative estimate of drug-likeness (QED) is 0.0833. The molecule has 12 aromatic carbocycles. The van der Waals surface area contributed by atoms with Gasteiger partial charge in [-0.3, -0.25) is 19.9 Å². The average Bonchev–Trinajstić information content (AvgIpc) is 1.43. The van der Waals surface area contributed by atoms with Gasteiger partial charge >= 0.3 is 14.2 Å². The molecule has 0 bridgehead atoms. The van der Waals surface area contributed by atoms with Crippen LogP contribution in [0.2, 0.25) is 0 Å². The van der Waals surface area contributed by atoms with E-state index >= 15 is 0 Å². The van der Waals surface area contributed by atoms with Crippen LogP contribution in [-0.2, 0) is 18.6 Å². The van der Waals surface area contributed by atoms with E-state index in [1.807, 2.05) is 36.8 Å². The Kier molecular flexibility index (Phi) is 19.6. The van der Waals surface area contributed by atoms with Gasteiger partial charge in [-0.2, -0.15) is 0 Å². The number of pyridine rings is 4. The van der Waals surface area contributed by atoms with Gasteiger partial charge in [0.05, 0.1) is 45.2 Å². The summed E-state index contributed by atoms with van der Waals surface area (Å²) in [7, 11) is -1.29. The Bertz CT molecular complexity index is 6340. The van der Waals surface area contributed by atoms with Gasteiger partial charge in [0.15, 0.2) is 0 Å². The molecule has 0 N–H and O–H groups in total. The van der Waals surface area contributed by atoms with Crippen molar-refractivity contribution < 1.29 is 18.6 Å². The summed E-state index contributed by atoms with van der Waals surface area (Å²) < 4.78 is 27.8. The monoisotopic (exact) mass is 1500 g/mol. The molecule has 0 radical (unpaired) electrons. The molecule has 2 fully saturated rings. The molecule has 0 atom stereocenters. The molecule has 18 rings (SSSR count). The highest BCUT2D eigenvalue weighted by molar-refractivity contribution is 6.63. The number of aromatic nitrogens is 4. The zero-order valence-corrected chi connectivity index (χ0v) is 67.1. The van der Waals surface area contributed by atoms with E-state index in [9.17, 15) is 0 Å². The summed E-state index contributed by atoms with van der Waals surface area (Å²) in [6.45, 7) is 21.3. The minimum absolute atomic E-state index is 0.549. The highest BCUT2D eigenvalue weighted by Gasteiger charge is 2.53. The lowest BCUT2D eigenvalue weighted by Gasteiger charge is -2.32. The summed E-state index contributed by atoms with van der Waals surface area (Å²) in [5.74, 6) is 0. The fourth-order valence-electron chi connectivity index (χ4n) is 16.3. The van der Waals surface area contributed by atoms with Crippen LogP contribution in [0.1, 0.15) is 66.5 Å². The second-order valence-corrected chi connectivity index (χ2v) is 32.7. The lowest BCUT2D eigenvalue weighted by molar-refractivity contribution is 0.00578. The van der Waals surface area contributed by atoms with Crippen LogP contribution in [0.25, 0.3) is 167 Å². The van der Waals surface area contributed by atoms with E-state index in [-0.39, 0.29) is 0 Å². The van der Waals surface area contributed by atoms with Crippen molar-refractivity contribution in [1.29, 1.82) is 0 Å². The number of benzene rings is 12. The van der Waals surface area contributed by atoms with Crippen molar-refractivity contribution in [3.63, 3.8) is 0 Å². The van der Waals surface area contributed by atoms with E-state index in [2.05, 4.69) is 385 Å². The van der Waals surface area contributed by atoms with Crippen LogP contribution in [0.15, 0.2) is 352 Å². The molecule has 0 unspecified atom stereocenters. The van der Waals surface area contributed by atoms with Gasteiger partial charge < -0.3 is 18.6 Å². The van der Waals surface area contributed by atoms with Crippen molar-refractivity contribution in [3.05, 3.63) is 363 Å². The molecule has 2 saturated heterocycles. The molecule has 0 spiro atoms. The maximum Gasteiger partial charge on any atom is 0.494 e. The highest BCUT2D eigenvalue weighted by Crippen LogP contribution is 2.48. The van der Waals surface area contributed by atoms with Crippen LogP contribution in [0.4, 0.5) is 0 Å². The Morgan fingerprint density at radius 1 is 0.190 bits per heavy atom. The van der Waals surface area contributed by atoms with Crippen LogP contribution in [-0.4, -0.2) is 56.6 Å². The number of aryl methyl sites for hydroxylation is 2. The Labute approximate surface area is 682 Å². The van der Waals surface area contributed by atoms with Gasteiger partial charge in [0, 0.05) is 69.3 Å². The van der Waals surface area contributed by atoms with Gasteiger partial charge in [0.2, 0.25) is 0 Å². The van der Waals surface area contributed by atoms with Crippen LogP contribution in [0.3, 0.4) is 0 Å². The van der Waals surface area contributed by atoms with E-state index in [1.165, 1.54) is 0 Å². The van der Waals surface area contributed by atoms with Crippen molar-refractivity contribution in [3.8, 4) is 167 Å². The zero-order valence-electron chi connectivity index (χ0n) is 67.1. The van der Waals surface area contributed by atoms with Gasteiger partial charge in [-0.05, 0) is 234 Å². The SMILES string of the molecule is Cc1cc(-c2ccccc2)ncc1-c1ccccc1-c1cc(B2OC(C)(C)C(C)(C)O2)cc(-c2ccccc2-c2cnc(-c3ccc(-c4ccc(-c5cnc(-c6ccccc6)cc5-c5ccccc5)c(-c5cc(B6OC(C)(C)C(C)(C)O6)cc(-c6ccccc6-c6cnc(-c7ccccc7)cc6-c6ccccc6)c5)c4)cc3)cc2C)c1. The Hall–Kier alpha value is -12.8. The number of nitrogens with zero attached hydrogens (tertiary/aromatic N) is 4. The molecular weight excluding hydrogens is 1410 g/mol. The minimum atomic E-state index is -0.685. The molecule has 0 aliphatic carbocycles. The van der Waals surface area contributed by atoms with E-state index in [4.69, 9.17) is 38.6 Å². The predicted molar refractivity (Wildman–Crippen MR) is 480 cm³/mol. The first-order valence-corrected chi connectivity index (χ1v) is 40.0. The first-order chi connectivity index (χ1) is 56.3. The number of rotatable bonds is 17. The largest absolute Gasteiger partial charge is 0.494 e. The van der Waals surface area contributed by atoms with Gasteiger partial charge in [0.25, 0.3) is 0 Å². The third-order valence-electron chi connectivity index (χ3n) is 24.1. The maximum absolute atomic E-state index is 7.05. The molecule has 8 nitrogen and oxygen atoms in total. The molecule has 0 amide bonds. The van der Waals surface area contributed by atoms with Crippen LogP contribution in [0.5, 0.6) is 0 Å². The fraction of sp³-hybridized carbons (Fsp3) is 0.132. The third kappa shape index (κ3) is 14.4. The molecule has 0 saturated carbocycles. The molecule has 562 valence electrons. The van der Waals surface area contributed by atoms with Crippen molar-refractivity contribution in [2.75, 3.05) is 0 Å². The van der Waals surface area contributed by atoms with Crippen molar-refractivity contribution in [2.24, 2.45) is 0 Å². The van der Waals surface area contributed by atoms with Gasteiger partial charge in [-0.1, -0.05) is 285 Å². The maximum atomic E-state index is 7.05. The lowest BCUT2D eigenvalue weighted by atomic mass is 9.75. The molecule has 16 aromatic rings. The summed E-state index contributed by atoms with van der Waals surface area (Å²) in [5, 5.41) is 0. The first-order valence-electron chi connectivity index (χ1n) is 40.0. The third-order valence-corrected chi connectivity index (χ3v) is 24.1. The van der Waals surface area contributed by atoms with Crippen LogP contribution >= 0.6 is 0 Å². The summed E-state index contributed by atoms with van der Waals surface area (Å²) in [4.78, 5) is 20.8. The molecule has 10 heteroatoms. The fourth-order valence-corrected chi connectivity index (χ4v) is 16.3. The minimum Gasteiger partial charge on any atom is -0.399 e. The summed E-state index contributed by atoms with van der Waals surface area (Å²) in [6.07, 6.45) is 8.17. The predicted octanol–water partition coefficient (Wildman–Crippen LogP) is 25.5. The Balaban J connectivity index is 0.744. The molecule has 2 aliphatic rings. The normalized spacial score (nSPS) is 14.6. The standard InChI is InChI=1S/C106H88B2N4O4/c1-69-54-99(74-36-20-13-21-37-74)109-65-95(69)88-45-29-26-42-85(88)79-56-80(59-83(58-79)107-113-103(3,4)104(5,6)114-107)86-43-27-30-46-89(86)96-66-110-100(55-70(96)2)77-50-48-71(49-51-77)78-52-53-91(98-68-112-102(76-40-24-15-25-41-76)64-94(98)73-34-18-12-19-35-73)92(62-78)82-57-81(60-84(61-82)108-115-105(7,8)106(9,10)116-108)87-44-28-31-47-90(87)97-67-111-101(75-38-22-14-23-39-75)63-93(97)72-32-16-11-17-33-72/h11-68H,1-10H3. The van der Waals surface area contributed by atoms with E-state index < -0.39 is 36.6 Å². The van der Waals surface area contributed by atoms with E-state index in [0.29, 0.717) is 0 Å². The smallest absolute Gasteiger partial charge is 0.399 e. The molecule has 2 aliphatic heterocycles. The second kappa shape index (κ2) is 30.5.